The fraction of sp³-hybridized carbons (Fsp3) is 0. The molecule has 0 fully saturated rings. The highest BCUT2D eigenvalue weighted by Gasteiger charge is 2.26. The summed E-state index contributed by atoms with van der Waals surface area (Å²) in [6.07, 6.45) is 0. The Morgan fingerprint density at radius 1 is 0.300 bits per heavy atom. The van der Waals surface area contributed by atoms with Crippen molar-refractivity contribution in [1.82, 2.24) is 9.97 Å². The van der Waals surface area contributed by atoms with Crippen LogP contribution in [0.2, 0.25) is 0 Å². The van der Waals surface area contributed by atoms with Crippen LogP contribution < -0.4 is 0 Å². The van der Waals surface area contributed by atoms with E-state index in [1.54, 1.807) is 0 Å². The number of nitriles is 4. The molecule has 0 aliphatic rings. The van der Waals surface area contributed by atoms with E-state index in [2.05, 4.69) is 24.3 Å². The van der Waals surface area contributed by atoms with Gasteiger partial charge in [-0.1, -0.05) is 140 Å². The lowest BCUT2D eigenvalue weighted by molar-refractivity contribution is 1.27. The monoisotopic (exact) mass is 636 g/mol. The molecule has 6 heteroatoms. The van der Waals surface area contributed by atoms with Gasteiger partial charge in [0.25, 0.3) is 0 Å². The summed E-state index contributed by atoms with van der Waals surface area (Å²) >= 11 is 0. The van der Waals surface area contributed by atoms with Gasteiger partial charge >= 0.3 is 0 Å². The van der Waals surface area contributed by atoms with Gasteiger partial charge in [0.15, 0.2) is 0 Å². The van der Waals surface area contributed by atoms with E-state index in [9.17, 15) is 21.0 Å². The van der Waals surface area contributed by atoms with Crippen LogP contribution in [0.15, 0.2) is 146 Å². The van der Waals surface area contributed by atoms with Gasteiger partial charge in [-0.05, 0) is 17.2 Å². The SMILES string of the molecule is N#Cc1c(-c2ccccc2)nc(-c2ccccc2)c(C#N)c1-c1cccc(-c2c(C#N)c(-c3ccccc3)nc(-c3ccccc3)c2C#N)c1. The van der Waals surface area contributed by atoms with Crippen molar-refractivity contribution in [2.75, 3.05) is 0 Å². The first-order chi connectivity index (χ1) is 24.7. The zero-order valence-electron chi connectivity index (χ0n) is 26.5. The maximum Gasteiger partial charge on any atom is 0.102 e. The maximum absolute atomic E-state index is 10.7. The van der Waals surface area contributed by atoms with Crippen LogP contribution in [0.1, 0.15) is 22.3 Å². The van der Waals surface area contributed by atoms with E-state index in [0.29, 0.717) is 45.0 Å². The first kappa shape index (κ1) is 31.0. The molecule has 0 atom stereocenters. The molecule has 0 aliphatic heterocycles. The van der Waals surface area contributed by atoms with Gasteiger partial charge in [0, 0.05) is 33.4 Å². The van der Waals surface area contributed by atoms with Crippen LogP contribution in [0, 0.1) is 45.3 Å². The van der Waals surface area contributed by atoms with E-state index in [4.69, 9.17) is 9.97 Å². The van der Waals surface area contributed by atoms with Crippen LogP contribution in [-0.4, -0.2) is 9.97 Å². The topological polar surface area (TPSA) is 121 Å². The molecule has 5 aromatic carbocycles. The van der Waals surface area contributed by atoms with E-state index >= 15 is 0 Å². The number of hydrogen-bond donors (Lipinski definition) is 0. The summed E-state index contributed by atoms with van der Waals surface area (Å²) in [5, 5.41) is 42.7. The first-order valence-corrected chi connectivity index (χ1v) is 15.8. The molecule has 7 aromatic rings. The van der Waals surface area contributed by atoms with E-state index in [1.807, 2.05) is 146 Å². The van der Waals surface area contributed by atoms with Gasteiger partial charge in [-0.3, -0.25) is 0 Å². The lowest BCUT2D eigenvalue weighted by Gasteiger charge is -2.18. The van der Waals surface area contributed by atoms with E-state index in [-0.39, 0.29) is 22.3 Å². The molecular formula is C44H24N6. The molecule has 0 amide bonds. The minimum Gasteiger partial charge on any atom is -0.245 e. The third kappa shape index (κ3) is 5.53. The highest BCUT2D eigenvalue weighted by atomic mass is 14.7. The Labute approximate surface area is 289 Å². The van der Waals surface area contributed by atoms with Crippen LogP contribution in [0.4, 0.5) is 0 Å². The van der Waals surface area contributed by atoms with E-state index in [0.717, 1.165) is 22.3 Å². The van der Waals surface area contributed by atoms with Crippen molar-refractivity contribution in [1.29, 1.82) is 21.0 Å². The molecule has 0 radical (unpaired) electrons. The lowest BCUT2D eigenvalue weighted by atomic mass is 9.86. The zero-order valence-corrected chi connectivity index (χ0v) is 26.5. The van der Waals surface area contributed by atoms with Gasteiger partial charge in [-0.2, -0.15) is 21.0 Å². The Bertz CT molecular complexity index is 2220. The summed E-state index contributed by atoms with van der Waals surface area (Å²) in [5.41, 5.74) is 7.68. The van der Waals surface area contributed by atoms with Crippen LogP contribution in [0.5, 0.6) is 0 Å². The average Bonchev–Trinajstić information content (AvgIpc) is 3.20. The minimum absolute atomic E-state index is 0.246. The molecule has 2 heterocycles. The molecule has 0 saturated heterocycles. The Hall–Kier alpha value is -7.64. The Kier molecular flexibility index (Phi) is 8.43. The maximum atomic E-state index is 10.7. The molecule has 0 unspecified atom stereocenters. The Balaban J connectivity index is 1.57. The van der Waals surface area contributed by atoms with Gasteiger partial charge in [-0.15, -0.1) is 0 Å². The van der Waals surface area contributed by atoms with Crippen molar-refractivity contribution >= 4 is 0 Å². The van der Waals surface area contributed by atoms with Crippen LogP contribution >= 0.6 is 0 Å². The minimum atomic E-state index is 0.246. The molecule has 50 heavy (non-hydrogen) atoms. The molecule has 7 rings (SSSR count). The molecule has 2 aromatic heterocycles. The van der Waals surface area contributed by atoms with Crippen molar-refractivity contribution in [3.05, 3.63) is 168 Å². The summed E-state index contributed by atoms with van der Waals surface area (Å²) in [7, 11) is 0. The van der Waals surface area contributed by atoms with Crippen molar-refractivity contribution in [2.45, 2.75) is 0 Å². The fourth-order valence-electron chi connectivity index (χ4n) is 6.23. The van der Waals surface area contributed by atoms with Crippen molar-refractivity contribution in [2.24, 2.45) is 0 Å². The molecule has 0 bridgehead atoms. The van der Waals surface area contributed by atoms with Gasteiger partial charge in [0.05, 0.1) is 45.0 Å². The average molecular weight is 637 g/mol. The van der Waals surface area contributed by atoms with Crippen LogP contribution in [0.3, 0.4) is 0 Å². The summed E-state index contributed by atoms with van der Waals surface area (Å²) in [4.78, 5) is 9.85. The Morgan fingerprint density at radius 3 is 0.780 bits per heavy atom. The number of nitrogens with zero attached hydrogens (tertiary/aromatic N) is 6. The second-order valence-corrected chi connectivity index (χ2v) is 11.4. The summed E-state index contributed by atoms with van der Waals surface area (Å²) in [6, 6.07) is 54.4. The zero-order chi connectivity index (χ0) is 34.5. The van der Waals surface area contributed by atoms with E-state index < -0.39 is 0 Å². The smallest absolute Gasteiger partial charge is 0.102 e. The van der Waals surface area contributed by atoms with Crippen molar-refractivity contribution in [3.8, 4) is 91.6 Å². The van der Waals surface area contributed by atoms with Crippen LogP contribution in [0.25, 0.3) is 67.3 Å². The molecule has 0 saturated carbocycles. The Morgan fingerprint density at radius 2 is 0.540 bits per heavy atom. The molecule has 0 aliphatic carbocycles. The standard InChI is InChI=1S/C44H24N6/c45-25-35-39(36(26-46)42(30-16-7-2-8-17-30)49-41(35)29-14-5-1-6-15-29)33-22-13-23-34(24-33)40-37(27-47)43(31-18-9-3-10-19-31)50-44(38(40)28-48)32-20-11-4-12-21-32/h1-24H. The number of hydrogen-bond acceptors (Lipinski definition) is 6. The van der Waals surface area contributed by atoms with E-state index in [1.165, 1.54) is 0 Å². The number of benzene rings is 5. The molecule has 0 N–H and O–H groups in total. The molecule has 6 nitrogen and oxygen atoms in total. The number of rotatable bonds is 6. The highest BCUT2D eigenvalue weighted by molar-refractivity contribution is 5.93. The predicted octanol–water partition coefficient (Wildman–Crippen LogP) is 9.97. The predicted molar refractivity (Wildman–Crippen MR) is 194 cm³/mol. The fourth-order valence-corrected chi connectivity index (χ4v) is 6.23. The second-order valence-electron chi connectivity index (χ2n) is 11.4. The number of pyridine rings is 2. The molecular weight excluding hydrogens is 613 g/mol. The van der Waals surface area contributed by atoms with Gasteiger partial charge in [-0.25, -0.2) is 9.97 Å². The summed E-state index contributed by atoms with van der Waals surface area (Å²) in [5.74, 6) is 0. The van der Waals surface area contributed by atoms with Crippen molar-refractivity contribution < 1.29 is 0 Å². The third-order valence-corrected chi connectivity index (χ3v) is 8.47. The van der Waals surface area contributed by atoms with Gasteiger partial charge < -0.3 is 0 Å². The van der Waals surface area contributed by atoms with Crippen molar-refractivity contribution in [3.63, 3.8) is 0 Å². The van der Waals surface area contributed by atoms with Gasteiger partial charge in [0.2, 0.25) is 0 Å². The highest BCUT2D eigenvalue weighted by Crippen LogP contribution is 2.42. The third-order valence-electron chi connectivity index (χ3n) is 8.47. The normalized spacial score (nSPS) is 10.3. The first-order valence-electron chi connectivity index (χ1n) is 15.8. The summed E-state index contributed by atoms with van der Waals surface area (Å²) < 4.78 is 0. The molecule has 230 valence electrons. The summed E-state index contributed by atoms with van der Waals surface area (Å²) in [6.45, 7) is 0. The second kappa shape index (κ2) is 13.6. The molecule has 0 spiro atoms. The lowest BCUT2D eigenvalue weighted by Crippen LogP contribution is -2.03. The van der Waals surface area contributed by atoms with Crippen LogP contribution in [-0.2, 0) is 0 Å². The quantitative estimate of drug-likeness (QED) is 0.179. The number of aromatic nitrogens is 2. The largest absolute Gasteiger partial charge is 0.245 e. The van der Waals surface area contributed by atoms with Gasteiger partial charge in [0.1, 0.15) is 24.3 Å².